The fourth-order valence-corrected chi connectivity index (χ4v) is 2.69. The van der Waals surface area contributed by atoms with Gasteiger partial charge in [-0.3, -0.25) is 4.79 Å². The topological polar surface area (TPSA) is 20.3 Å². The molecular weight excluding hydrogens is 277 g/mol. The van der Waals surface area contributed by atoms with Gasteiger partial charge < -0.3 is 4.90 Å². The van der Waals surface area contributed by atoms with E-state index in [1.807, 2.05) is 24.3 Å². The van der Waals surface area contributed by atoms with Crippen LogP contribution in [0.4, 0.5) is 4.39 Å². The molecule has 3 rings (SSSR count). The maximum atomic E-state index is 13.1. The van der Waals surface area contributed by atoms with Crippen LogP contribution in [-0.2, 0) is 13.0 Å². The Kier molecular flexibility index (Phi) is 3.45. The van der Waals surface area contributed by atoms with E-state index < -0.39 is 5.82 Å². The molecule has 0 spiro atoms. The number of rotatable bonds is 2. The second-order valence-electron chi connectivity index (χ2n) is 4.88. The number of benzene rings is 2. The lowest BCUT2D eigenvalue weighted by Gasteiger charge is -2.28. The molecule has 1 aliphatic rings. The van der Waals surface area contributed by atoms with Crippen LogP contribution < -0.4 is 0 Å². The quantitative estimate of drug-likeness (QED) is 0.826. The van der Waals surface area contributed by atoms with Crippen molar-refractivity contribution < 1.29 is 9.18 Å². The van der Waals surface area contributed by atoms with Gasteiger partial charge in [-0.05, 0) is 35.7 Å². The number of carbonyl (C=O) groups is 1. The van der Waals surface area contributed by atoms with Gasteiger partial charge in [0.15, 0.2) is 0 Å². The molecule has 2 aromatic rings. The minimum absolute atomic E-state index is 0.0206. The smallest absolute Gasteiger partial charge is 0.254 e. The largest absolute Gasteiger partial charge is 0.334 e. The average Bonchev–Trinajstić information content (AvgIpc) is 2.46. The molecule has 2 nitrogen and oxygen atoms in total. The van der Waals surface area contributed by atoms with Gasteiger partial charge in [-0.15, -0.1) is 0 Å². The van der Waals surface area contributed by atoms with E-state index in [4.69, 9.17) is 11.6 Å². The molecular formula is C16H13ClFNO. The summed E-state index contributed by atoms with van der Waals surface area (Å²) in [6, 6.07) is 12.2. The summed E-state index contributed by atoms with van der Waals surface area (Å²) in [6.45, 7) is 1.12. The van der Waals surface area contributed by atoms with Crippen LogP contribution in [0.5, 0.6) is 0 Å². The molecule has 0 atom stereocenters. The summed E-state index contributed by atoms with van der Waals surface area (Å²) < 4.78 is 13.1. The van der Waals surface area contributed by atoms with Crippen molar-refractivity contribution in [1.29, 1.82) is 0 Å². The monoisotopic (exact) mass is 289 g/mol. The van der Waals surface area contributed by atoms with Gasteiger partial charge in [-0.25, -0.2) is 4.39 Å². The number of nitrogens with zero attached hydrogens (tertiary/aromatic N) is 1. The Morgan fingerprint density at radius 2 is 2.00 bits per heavy atom. The molecule has 1 heterocycles. The minimum atomic E-state index is -0.439. The zero-order valence-electron chi connectivity index (χ0n) is 10.8. The highest BCUT2D eigenvalue weighted by Crippen LogP contribution is 2.22. The van der Waals surface area contributed by atoms with Crippen molar-refractivity contribution in [2.75, 3.05) is 6.54 Å². The molecule has 0 aromatic heterocycles. The first-order valence-corrected chi connectivity index (χ1v) is 6.84. The Bertz CT molecular complexity index is 671. The average molecular weight is 290 g/mol. The maximum absolute atomic E-state index is 13.1. The fourth-order valence-electron chi connectivity index (χ4n) is 2.48. The molecule has 4 heteroatoms. The van der Waals surface area contributed by atoms with Crippen LogP contribution in [0, 0.1) is 5.82 Å². The van der Waals surface area contributed by atoms with Crippen molar-refractivity contribution in [3.05, 3.63) is 70.0 Å². The van der Waals surface area contributed by atoms with Gasteiger partial charge in [0.1, 0.15) is 5.82 Å². The van der Waals surface area contributed by atoms with Crippen LogP contribution in [-0.4, -0.2) is 17.4 Å². The van der Waals surface area contributed by atoms with Crippen LogP contribution in [0.2, 0.25) is 5.02 Å². The van der Waals surface area contributed by atoms with Crippen LogP contribution in [0.3, 0.4) is 0 Å². The summed E-state index contributed by atoms with van der Waals surface area (Å²) in [6.07, 6.45) is 0.844. The van der Waals surface area contributed by atoms with E-state index in [0.717, 1.165) is 23.1 Å². The summed E-state index contributed by atoms with van der Waals surface area (Å²) in [5, 5.41) is 0.0901. The summed E-state index contributed by atoms with van der Waals surface area (Å²) in [5.41, 5.74) is 2.68. The summed E-state index contributed by atoms with van der Waals surface area (Å²) in [5.74, 6) is -0.418. The van der Waals surface area contributed by atoms with Crippen molar-refractivity contribution in [2.24, 2.45) is 0 Å². The summed E-state index contributed by atoms with van der Waals surface area (Å²) in [7, 11) is 0. The van der Waals surface area contributed by atoms with Crippen molar-refractivity contribution in [1.82, 2.24) is 4.90 Å². The van der Waals surface area contributed by atoms with Crippen molar-refractivity contribution >= 4 is 17.5 Å². The van der Waals surface area contributed by atoms with Crippen molar-refractivity contribution in [2.45, 2.75) is 13.0 Å². The number of carbonyl (C=O) groups excluding carboxylic acids is 1. The van der Waals surface area contributed by atoms with Gasteiger partial charge in [-0.1, -0.05) is 35.9 Å². The Balaban J connectivity index is 1.83. The van der Waals surface area contributed by atoms with Gasteiger partial charge >= 0.3 is 0 Å². The molecule has 1 aliphatic heterocycles. The molecule has 1 amide bonds. The number of hydrogen-bond acceptors (Lipinski definition) is 1. The van der Waals surface area contributed by atoms with E-state index in [9.17, 15) is 9.18 Å². The maximum Gasteiger partial charge on any atom is 0.254 e. The van der Waals surface area contributed by atoms with Crippen LogP contribution in [0.1, 0.15) is 21.5 Å². The first-order valence-electron chi connectivity index (χ1n) is 6.46. The van der Waals surface area contributed by atoms with E-state index in [-0.39, 0.29) is 10.9 Å². The third kappa shape index (κ3) is 2.41. The van der Waals surface area contributed by atoms with Crippen molar-refractivity contribution in [3.8, 4) is 0 Å². The number of amides is 1. The van der Waals surface area contributed by atoms with Crippen molar-refractivity contribution in [3.63, 3.8) is 0 Å². The summed E-state index contributed by atoms with van der Waals surface area (Å²) >= 11 is 5.77. The van der Waals surface area contributed by atoms with Gasteiger partial charge in [0.2, 0.25) is 0 Å². The van der Waals surface area contributed by atoms with Crippen LogP contribution in [0.15, 0.2) is 42.5 Å². The molecule has 0 saturated carbocycles. The number of halogens is 2. The Morgan fingerprint density at radius 1 is 1.20 bits per heavy atom. The molecule has 0 fully saturated rings. The Labute approximate surface area is 121 Å². The minimum Gasteiger partial charge on any atom is -0.334 e. The fraction of sp³-hybridized carbons (Fsp3) is 0.188. The first kappa shape index (κ1) is 13.1. The third-order valence-electron chi connectivity index (χ3n) is 3.54. The van der Waals surface area contributed by atoms with Gasteiger partial charge in [-0.2, -0.15) is 0 Å². The van der Waals surface area contributed by atoms with Gasteiger partial charge in [0.05, 0.1) is 5.02 Å². The predicted molar refractivity (Wildman–Crippen MR) is 76.3 cm³/mol. The van der Waals surface area contributed by atoms with Gasteiger partial charge in [0, 0.05) is 18.7 Å². The standard InChI is InChI=1S/C16H13ClFNO/c17-14-9-11(5-6-15(14)18)10-19-8-7-12-3-1-2-4-13(12)16(19)20/h1-6,9H,7-8,10H2. The SMILES string of the molecule is O=C1c2ccccc2CCN1Cc1ccc(F)c(Cl)c1. The third-order valence-corrected chi connectivity index (χ3v) is 3.83. The van der Waals surface area contributed by atoms with Gasteiger partial charge in [0.25, 0.3) is 5.91 Å². The predicted octanol–water partition coefficient (Wildman–Crippen LogP) is 3.68. The highest BCUT2D eigenvalue weighted by molar-refractivity contribution is 6.30. The zero-order valence-corrected chi connectivity index (χ0v) is 11.5. The normalized spacial score (nSPS) is 14.3. The highest BCUT2D eigenvalue weighted by atomic mass is 35.5. The number of hydrogen-bond donors (Lipinski definition) is 0. The van der Waals surface area contributed by atoms with E-state index >= 15 is 0 Å². The van der Waals surface area contributed by atoms with E-state index in [2.05, 4.69) is 0 Å². The molecule has 0 radical (unpaired) electrons. The highest BCUT2D eigenvalue weighted by Gasteiger charge is 2.23. The summed E-state index contributed by atoms with van der Waals surface area (Å²) in [4.78, 5) is 14.2. The molecule has 20 heavy (non-hydrogen) atoms. The lowest BCUT2D eigenvalue weighted by Crippen LogP contribution is -2.36. The molecule has 0 N–H and O–H groups in total. The van der Waals surface area contributed by atoms with Crippen LogP contribution in [0.25, 0.3) is 0 Å². The van der Waals surface area contributed by atoms with E-state index in [1.165, 1.54) is 6.07 Å². The molecule has 2 aromatic carbocycles. The lowest BCUT2D eigenvalue weighted by molar-refractivity contribution is 0.0727. The van der Waals surface area contributed by atoms with E-state index in [1.54, 1.807) is 17.0 Å². The zero-order chi connectivity index (χ0) is 14.1. The molecule has 0 aliphatic carbocycles. The molecule has 102 valence electrons. The van der Waals surface area contributed by atoms with Crippen LogP contribution >= 0.6 is 11.6 Å². The number of fused-ring (bicyclic) bond motifs is 1. The van der Waals surface area contributed by atoms with E-state index in [0.29, 0.717) is 13.1 Å². The molecule has 0 bridgehead atoms. The second-order valence-corrected chi connectivity index (χ2v) is 5.29. The molecule has 0 saturated heterocycles. The lowest BCUT2D eigenvalue weighted by atomic mass is 9.99. The second kappa shape index (κ2) is 5.25. The first-order chi connectivity index (χ1) is 9.65. The Hall–Kier alpha value is -1.87. The molecule has 0 unspecified atom stereocenters. The Morgan fingerprint density at radius 3 is 2.80 bits per heavy atom.